The van der Waals surface area contributed by atoms with E-state index in [0.29, 0.717) is 85.2 Å². The molecule has 0 aromatic heterocycles. The monoisotopic (exact) mass is 1090 g/mol. The van der Waals surface area contributed by atoms with Crippen molar-refractivity contribution in [3.63, 3.8) is 0 Å². The summed E-state index contributed by atoms with van der Waals surface area (Å²) in [6, 6.07) is 29.5. The fourth-order valence-corrected chi connectivity index (χ4v) is 14.8. The number of nitrogens with zero attached hydrogens (tertiary/aromatic N) is 10. The zero-order valence-electron chi connectivity index (χ0n) is 46.6. The van der Waals surface area contributed by atoms with E-state index in [0.717, 1.165) is 83.4 Å². The summed E-state index contributed by atoms with van der Waals surface area (Å²) in [5.74, 6) is 0.116. The maximum atomic E-state index is 14.6. The Morgan fingerprint density at radius 1 is 0.637 bits per heavy atom. The SMILES string of the molecule is CN(C)c1ccc([C@H]2C[C@@H]3CNC[C@@]34C(=O)N(CCN3CCOCC3)C(=O)N24)c2ccccc12.COc1ccc(CN2C[C@H]3C[C@H](c4ccc(N(C)C)c5ccccc45)N4C(=O)N(CCN5CCOCC5)C(=O)[C@]34C2)cc1[N+](=O)[O-]. The van der Waals surface area contributed by atoms with E-state index < -0.39 is 16.0 Å². The molecule has 8 heterocycles. The molecule has 0 saturated carbocycles. The van der Waals surface area contributed by atoms with Crippen LogP contribution in [0.3, 0.4) is 0 Å². The lowest BCUT2D eigenvalue weighted by Gasteiger charge is -2.32. The van der Waals surface area contributed by atoms with E-state index in [-0.39, 0.29) is 59.2 Å². The molecule has 5 aromatic rings. The minimum atomic E-state index is -0.994. The fourth-order valence-electron chi connectivity index (χ4n) is 14.8. The van der Waals surface area contributed by atoms with Crippen LogP contribution in [0.5, 0.6) is 5.75 Å². The number of urea groups is 2. The highest BCUT2D eigenvalue weighted by Crippen LogP contribution is 2.57. The van der Waals surface area contributed by atoms with Crippen molar-refractivity contribution < 1.29 is 38.3 Å². The summed E-state index contributed by atoms with van der Waals surface area (Å²) in [7, 11) is 9.57. The van der Waals surface area contributed by atoms with Gasteiger partial charge in [0, 0.05) is 153 Å². The molecule has 0 aliphatic carbocycles. The molecule has 8 saturated heterocycles. The third-order valence-electron chi connectivity index (χ3n) is 18.6. The molecule has 8 fully saturated rings. The Morgan fingerprint density at radius 2 is 1.14 bits per heavy atom. The first-order valence-electron chi connectivity index (χ1n) is 28.3. The summed E-state index contributed by atoms with van der Waals surface area (Å²) in [5.41, 5.74) is 3.38. The van der Waals surface area contributed by atoms with Gasteiger partial charge in [0.05, 0.1) is 50.5 Å². The number of anilines is 2. The number of rotatable bonds is 14. The fraction of sp³-hybridized carbons (Fsp3) is 0.500. The molecular weight excluding hydrogens is 1020 g/mol. The van der Waals surface area contributed by atoms with Crippen molar-refractivity contribution in [3.05, 3.63) is 118 Å². The van der Waals surface area contributed by atoms with Crippen molar-refractivity contribution in [1.82, 2.24) is 39.6 Å². The first-order valence-corrected chi connectivity index (χ1v) is 28.3. The van der Waals surface area contributed by atoms with Crippen molar-refractivity contribution in [2.24, 2.45) is 11.8 Å². The Bertz CT molecular complexity index is 3240. The van der Waals surface area contributed by atoms with E-state index in [1.807, 2.05) is 42.1 Å². The van der Waals surface area contributed by atoms with Crippen LogP contribution in [0, 0.1) is 22.0 Å². The first kappa shape index (κ1) is 53.7. The standard InChI is InChI=1S/C34H40N6O6.C26H33N5O3/c1-35(2)28-10-9-27(25-6-4-5-7-26(25)28)29-19-24-21-37(20-23-8-11-31(45-3)30(18-23)40(43)44)22-34(24)32(41)38(33(42)39(29)34)13-12-36-14-16-46-17-15-36;1-28(2)22-8-7-21(19-5-3-4-6-20(19)22)23-15-18-16-27-17-26(18)24(32)30(25(33)31(23)26)10-9-29-11-13-34-14-12-29/h4-11,18,24,29H,12-17,19-22H2,1-3H3;3-8,18,23,27H,9-17H2,1-2H3/t24-,29-,34+;18-,23-,26+/m11/s1. The minimum absolute atomic E-state index is 0.0162. The van der Waals surface area contributed by atoms with Gasteiger partial charge in [-0.15, -0.1) is 0 Å². The molecule has 6 amide bonds. The lowest BCUT2D eigenvalue weighted by atomic mass is 9.87. The van der Waals surface area contributed by atoms with Crippen molar-refractivity contribution in [2.75, 3.05) is 150 Å². The van der Waals surface area contributed by atoms with E-state index in [1.165, 1.54) is 22.3 Å². The molecule has 422 valence electrons. The topological polar surface area (TPSA) is 180 Å². The molecule has 20 nitrogen and oxygen atoms in total. The number of hydrogen-bond donors (Lipinski definition) is 1. The second kappa shape index (κ2) is 21.5. The van der Waals surface area contributed by atoms with Crippen LogP contribution in [0.15, 0.2) is 91.0 Å². The zero-order valence-corrected chi connectivity index (χ0v) is 46.6. The van der Waals surface area contributed by atoms with Crippen molar-refractivity contribution in [3.8, 4) is 5.75 Å². The summed E-state index contributed by atoms with van der Waals surface area (Å²) in [6.07, 6.45) is 1.48. The van der Waals surface area contributed by atoms with Crippen LogP contribution in [0.1, 0.15) is 41.6 Å². The molecule has 80 heavy (non-hydrogen) atoms. The number of likely N-dealkylation sites (tertiary alicyclic amines) is 1. The van der Waals surface area contributed by atoms with Gasteiger partial charge in [-0.2, -0.15) is 0 Å². The van der Waals surface area contributed by atoms with Crippen LogP contribution in [-0.4, -0.2) is 214 Å². The second-order valence-corrected chi connectivity index (χ2v) is 23.2. The molecule has 13 rings (SSSR count). The lowest BCUT2D eigenvalue weighted by molar-refractivity contribution is -0.385. The predicted octanol–water partition coefficient (Wildman–Crippen LogP) is 5.64. The quantitative estimate of drug-likeness (QED) is 0.0820. The number of nitrogens with one attached hydrogen (secondary N) is 1. The molecular formula is C60H73N11O9. The predicted molar refractivity (Wildman–Crippen MR) is 304 cm³/mol. The number of carbonyl (C=O) groups is 4. The highest BCUT2D eigenvalue weighted by Gasteiger charge is 2.71. The summed E-state index contributed by atoms with van der Waals surface area (Å²) in [5, 5.41) is 19.7. The summed E-state index contributed by atoms with van der Waals surface area (Å²) < 4.78 is 16.1. The highest BCUT2D eigenvalue weighted by atomic mass is 16.6. The number of amides is 6. The largest absolute Gasteiger partial charge is 0.490 e. The number of nitro benzene ring substituents is 1. The summed E-state index contributed by atoms with van der Waals surface area (Å²) in [4.78, 5) is 85.7. The third kappa shape index (κ3) is 8.89. The van der Waals surface area contributed by atoms with Crippen LogP contribution >= 0.6 is 0 Å². The average molecular weight is 1090 g/mol. The van der Waals surface area contributed by atoms with Crippen LogP contribution in [0.2, 0.25) is 0 Å². The number of carbonyl (C=O) groups excluding carboxylic acids is 4. The summed E-state index contributed by atoms with van der Waals surface area (Å²) in [6.45, 7) is 10.8. The number of fused-ring (bicyclic) bond motifs is 2. The Kier molecular flexibility index (Phi) is 14.4. The van der Waals surface area contributed by atoms with Gasteiger partial charge in [-0.25, -0.2) is 9.59 Å². The molecule has 6 atom stereocenters. The first-order chi connectivity index (χ1) is 38.7. The molecule has 8 aliphatic rings. The van der Waals surface area contributed by atoms with Gasteiger partial charge in [0.1, 0.15) is 11.1 Å². The Labute approximate surface area is 466 Å². The number of ether oxygens (including phenoxy) is 3. The van der Waals surface area contributed by atoms with Crippen LogP contribution < -0.4 is 19.9 Å². The van der Waals surface area contributed by atoms with Gasteiger partial charge in [-0.3, -0.25) is 44.2 Å². The molecule has 5 aromatic carbocycles. The normalized spacial score (nSPS) is 26.8. The van der Waals surface area contributed by atoms with Gasteiger partial charge in [0.15, 0.2) is 5.75 Å². The molecule has 0 radical (unpaired) electrons. The molecule has 8 aliphatic heterocycles. The number of benzene rings is 5. The second-order valence-electron chi connectivity index (χ2n) is 23.2. The number of hydrogen-bond acceptors (Lipinski definition) is 15. The smallest absolute Gasteiger partial charge is 0.328 e. The number of methoxy groups -OCH3 is 1. The minimum Gasteiger partial charge on any atom is -0.490 e. The van der Waals surface area contributed by atoms with E-state index in [9.17, 15) is 29.3 Å². The Balaban J connectivity index is 0.000000166. The van der Waals surface area contributed by atoms with E-state index in [1.54, 1.807) is 12.1 Å². The van der Waals surface area contributed by atoms with Gasteiger partial charge in [0.2, 0.25) is 0 Å². The van der Waals surface area contributed by atoms with Crippen molar-refractivity contribution in [1.29, 1.82) is 0 Å². The maximum Gasteiger partial charge on any atom is 0.328 e. The third-order valence-corrected chi connectivity index (χ3v) is 18.6. The molecule has 1 N–H and O–H groups in total. The zero-order chi connectivity index (χ0) is 55.6. The van der Waals surface area contributed by atoms with Crippen molar-refractivity contribution in [2.45, 2.75) is 42.5 Å². The van der Waals surface area contributed by atoms with E-state index in [4.69, 9.17) is 14.2 Å². The van der Waals surface area contributed by atoms with Gasteiger partial charge in [0.25, 0.3) is 11.8 Å². The van der Waals surface area contributed by atoms with Gasteiger partial charge in [-0.1, -0.05) is 66.7 Å². The average Bonchev–Trinajstić information content (AvgIpc) is 2.42. The van der Waals surface area contributed by atoms with Crippen LogP contribution in [0.4, 0.5) is 26.7 Å². The highest BCUT2D eigenvalue weighted by molar-refractivity contribution is 6.10. The molecule has 2 spiro atoms. The van der Waals surface area contributed by atoms with Gasteiger partial charge < -0.3 is 39.1 Å². The molecule has 0 bridgehead atoms. The van der Waals surface area contributed by atoms with E-state index >= 15 is 0 Å². The maximum absolute atomic E-state index is 14.6. The lowest BCUT2D eigenvalue weighted by Crippen LogP contribution is -2.51. The van der Waals surface area contributed by atoms with E-state index in [2.05, 4.69) is 105 Å². The van der Waals surface area contributed by atoms with Gasteiger partial charge >= 0.3 is 17.7 Å². The Morgan fingerprint density at radius 3 is 1.65 bits per heavy atom. The summed E-state index contributed by atoms with van der Waals surface area (Å²) >= 11 is 0. The van der Waals surface area contributed by atoms with Crippen LogP contribution in [0.25, 0.3) is 21.5 Å². The molecule has 20 heteroatoms. The number of imide groups is 2. The molecule has 0 unspecified atom stereocenters. The van der Waals surface area contributed by atoms with Crippen molar-refractivity contribution >= 4 is 62.5 Å². The van der Waals surface area contributed by atoms with Crippen LogP contribution in [-0.2, 0) is 25.6 Å². The Hall–Kier alpha value is -6.94. The number of nitro groups is 1. The van der Waals surface area contributed by atoms with Gasteiger partial charge in [-0.05, 0) is 58.5 Å². The number of morpholine rings is 2.